The van der Waals surface area contributed by atoms with E-state index in [2.05, 4.69) is 241 Å². The summed E-state index contributed by atoms with van der Waals surface area (Å²) < 4.78 is 9.36. The Morgan fingerprint density at radius 3 is 1.54 bits per heavy atom. The van der Waals surface area contributed by atoms with Gasteiger partial charge in [-0.25, -0.2) is 0 Å². The molecule has 0 saturated heterocycles. The smallest absolute Gasteiger partial charge is 0.145 e. The fourth-order valence-electron chi connectivity index (χ4n) is 9.33. The van der Waals surface area contributed by atoms with E-state index in [1.54, 1.807) is 0 Å². The molecular formula is C60H39NOS. The highest BCUT2D eigenvalue weighted by molar-refractivity contribution is 7.25. The lowest BCUT2D eigenvalue weighted by atomic mass is 9.89. The molecule has 2 heterocycles. The third-order valence-electron chi connectivity index (χ3n) is 12.3. The van der Waals surface area contributed by atoms with E-state index >= 15 is 0 Å². The Bertz CT molecular complexity index is 3610. The van der Waals surface area contributed by atoms with Crippen molar-refractivity contribution in [2.45, 2.75) is 0 Å². The maximum absolute atomic E-state index is 6.81. The largest absolute Gasteiger partial charge is 0.455 e. The molecule has 0 N–H and O–H groups in total. The predicted octanol–water partition coefficient (Wildman–Crippen LogP) is 17.8. The summed E-state index contributed by atoms with van der Waals surface area (Å²) in [6, 6.07) is 85.2. The fourth-order valence-corrected chi connectivity index (χ4v) is 10.5. The van der Waals surface area contributed by atoms with Crippen LogP contribution in [-0.2, 0) is 0 Å². The maximum atomic E-state index is 6.81. The topological polar surface area (TPSA) is 16.4 Å². The highest BCUT2D eigenvalue weighted by Gasteiger charge is 2.23. The number of nitrogens with zero attached hydrogens (tertiary/aromatic N) is 1. The van der Waals surface area contributed by atoms with Gasteiger partial charge < -0.3 is 9.32 Å². The third kappa shape index (κ3) is 6.50. The van der Waals surface area contributed by atoms with Gasteiger partial charge in [-0.2, -0.15) is 0 Å². The summed E-state index contributed by atoms with van der Waals surface area (Å²) >= 11 is 1.85. The summed E-state index contributed by atoms with van der Waals surface area (Å²) in [5.41, 5.74) is 16.8. The molecular weight excluding hydrogens is 783 g/mol. The molecule has 0 atom stereocenters. The summed E-state index contributed by atoms with van der Waals surface area (Å²) in [5, 5.41) is 4.68. The summed E-state index contributed by atoms with van der Waals surface area (Å²) in [7, 11) is 0. The first-order valence-electron chi connectivity index (χ1n) is 21.4. The van der Waals surface area contributed by atoms with Gasteiger partial charge >= 0.3 is 0 Å². The first kappa shape index (κ1) is 36.8. The van der Waals surface area contributed by atoms with Crippen molar-refractivity contribution in [3.63, 3.8) is 0 Å². The van der Waals surface area contributed by atoms with Gasteiger partial charge in [0, 0.05) is 42.5 Å². The summed E-state index contributed by atoms with van der Waals surface area (Å²) in [5.74, 6) is 0. The number of rotatable bonds is 8. The van der Waals surface area contributed by atoms with Gasteiger partial charge in [0.2, 0.25) is 0 Å². The lowest BCUT2D eigenvalue weighted by Crippen LogP contribution is -2.10. The molecule has 296 valence electrons. The molecule has 0 aliphatic heterocycles. The highest BCUT2D eigenvalue weighted by Crippen LogP contribution is 2.48. The highest BCUT2D eigenvalue weighted by atomic mass is 32.1. The maximum Gasteiger partial charge on any atom is 0.145 e. The molecule has 2 aromatic heterocycles. The zero-order valence-corrected chi connectivity index (χ0v) is 35.1. The van der Waals surface area contributed by atoms with Crippen LogP contribution >= 0.6 is 11.3 Å². The van der Waals surface area contributed by atoms with Gasteiger partial charge in [0.05, 0.1) is 11.1 Å². The van der Waals surface area contributed by atoms with E-state index in [1.807, 2.05) is 11.3 Å². The molecule has 12 aromatic rings. The molecule has 0 unspecified atom stereocenters. The van der Waals surface area contributed by atoms with E-state index < -0.39 is 0 Å². The van der Waals surface area contributed by atoms with Crippen molar-refractivity contribution in [3.05, 3.63) is 237 Å². The number of fused-ring (bicyclic) bond motifs is 6. The molecule has 0 fully saturated rings. The van der Waals surface area contributed by atoms with E-state index in [1.165, 1.54) is 59.1 Å². The van der Waals surface area contributed by atoms with Gasteiger partial charge in [0.1, 0.15) is 11.2 Å². The number of anilines is 3. The second-order valence-corrected chi connectivity index (χ2v) is 17.1. The number of benzene rings is 10. The van der Waals surface area contributed by atoms with Crippen molar-refractivity contribution < 1.29 is 4.42 Å². The first-order valence-corrected chi connectivity index (χ1v) is 22.2. The van der Waals surface area contributed by atoms with Crippen LogP contribution in [-0.4, -0.2) is 0 Å². The molecule has 0 radical (unpaired) electrons. The van der Waals surface area contributed by atoms with Gasteiger partial charge in [0.25, 0.3) is 0 Å². The molecule has 0 saturated carbocycles. The molecule has 0 aliphatic carbocycles. The molecule has 0 amide bonds. The minimum absolute atomic E-state index is 0.869. The Kier molecular flexibility index (Phi) is 9.06. The summed E-state index contributed by atoms with van der Waals surface area (Å²) in [6.07, 6.45) is 0. The van der Waals surface area contributed by atoms with Gasteiger partial charge in [0.15, 0.2) is 0 Å². The van der Waals surface area contributed by atoms with Crippen molar-refractivity contribution >= 4 is 70.5 Å². The predicted molar refractivity (Wildman–Crippen MR) is 268 cm³/mol. The standard InChI is InChI=1S/C60H39NOS/c1-4-16-40(17-5-1)44-30-34-52-54-39-46(33-37-57(54)63-58(52)38-44)61(55-36-35-49(42-20-8-3-9-21-42)60-59(55)53-26-14-15-27-56(53)62-60)45-31-28-43(29-32-45)48-23-11-13-25-51(48)50-24-12-10-22-47(50)41-18-6-2-7-19-41/h1-39H. The minimum atomic E-state index is 0.869. The van der Waals surface area contributed by atoms with Crippen molar-refractivity contribution in [2.75, 3.05) is 4.90 Å². The van der Waals surface area contributed by atoms with Crippen molar-refractivity contribution in [1.29, 1.82) is 0 Å². The van der Waals surface area contributed by atoms with Crippen LogP contribution in [0.25, 0.3) is 97.7 Å². The minimum Gasteiger partial charge on any atom is -0.455 e. The third-order valence-corrected chi connectivity index (χ3v) is 13.4. The zero-order valence-electron chi connectivity index (χ0n) is 34.3. The number of hydrogen-bond acceptors (Lipinski definition) is 3. The van der Waals surface area contributed by atoms with Crippen LogP contribution in [0.3, 0.4) is 0 Å². The van der Waals surface area contributed by atoms with Crippen LogP contribution in [0, 0.1) is 0 Å². The molecule has 12 rings (SSSR count). The number of furan rings is 1. The summed E-state index contributed by atoms with van der Waals surface area (Å²) in [6.45, 7) is 0. The van der Waals surface area contributed by atoms with E-state index in [0.29, 0.717) is 0 Å². The number of para-hydroxylation sites is 1. The van der Waals surface area contributed by atoms with E-state index in [4.69, 9.17) is 4.42 Å². The number of hydrogen-bond donors (Lipinski definition) is 0. The lowest BCUT2D eigenvalue weighted by molar-refractivity contribution is 0.670. The Morgan fingerprint density at radius 2 is 0.857 bits per heavy atom. The van der Waals surface area contributed by atoms with Gasteiger partial charge in [-0.05, 0) is 105 Å². The monoisotopic (exact) mass is 821 g/mol. The fraction of sp³-hybridized carbons (Fsp3) is 0. The normalized spacial score (nSPS) is 11.5. The van der Waals surface area contributed by atoms with Crippen LogP contribution in [0.2, 0.25) is 0 Å². The molecule has 3 heteroatoms. The van der Waals surface area contributed by atoms with Crippen molar-refractivity contribution in [1.82, 2.24) is 0 Å². The molecule has 0 bridgehead atoms. The van der Waals surface area contributed by atoms with Crippen molar-refractivity contribution in [3.8, 4) is 55.6 Å². The van der Waals surface area contributed by atoms with E-state index in [0.717, 1.165) is 55.7 Å². The van der Waals surface area contributed by atoms with Gasteiger partial charge in [-0.3, -0.25) is 0 Å². The lowest BCUT2D eigenvalue weighted by Gasteiger charge is -2.27. The van der Waals surface area contributed by atoms with Gasteiger partial charge in [-0.15, -0.1) is 11.3 Å². The second kappa shape index (κ2) is 15.5. The molecule has 63 heavy (non-hydrogen) atoms. The van der Waals surface area contributed by atoms with Crippen LogP contribution in [0.5, 0.6) is 0 Å². The van der Waals surface area contributed by atoms with Crippen LogP contribution < -0.4 is 4.90 Å². The second-order valence-electron chi connectivity index (χ2n) is 16.0. The van der Waals surface area contributed by atoms with E-state index in [-0.39, 0.29) is 0 Å². The van der Waals surface area contributed by atoms with Crippen LogP contribution in [0.15, 0.2) is 241 Å². The molecule has 0 spiro atoms. The molecule has 2 nitrogen and oxygen atoms in total. The van der Waals surface area contributed by atoms with Crippen LogP contribution in [0.4, 0.5) is 17.1 Å². The van der Waals surface area contributed by atoms with E-state index in [9.17, 15) is 0 Å². The quantitative estimate of drug-likeness (QED) is 0.152. The molecule has 0 aliphatic rings. The summed E-state index contributed by atoms with van der Waals surface area (Å²) in [4.78, 5) is 2.42. The average Bonchev–Trinajstić information content (AvgIpc) is 3.94. The van der Waals surface area contributed by atoms with Crippen LogP contribution in [0.1, 0.15) is 0 Å². The Morgan fingerprint density at radius 1 is 0.317 bits per heavy atom. The Labute approximate surface area is 370 Å². The Balaban J connectivity index is 1.04. The Hall–Kier alpha value is -7.98. The molecule has 10 aromatic carbocycles. The number of thiophene rings is 1. The first-order chi connectivity index (χ1) is 31.2. The SMILES string of the molecule is c1ccc(-c2ccc3c(c2)sc2ccc(N(c4ccc(-c5ccccc5-c5ccccc5-c5ccccc5)cc4)c4ccc(-c5ccccc5)c5oc6ccccc6c45)cc23)cc1. The average molecular weight is 822 g/mol. The van der Waals surface area contributed by atoms with Gasteiger partial charge in [-0.1, -0.05) is 182 Å². The van der Waals surface area contributed by atoms with Crippen molar-refractivity contribution in [2.24, 2.45) is 0 Å². The zero-order chi connectivity index (χ0) is 41.7.